The van der Waals surface area contributed by atoms with Crippen LogP contribution in [0.1, 0.15) is 35.6 Å². The number of hydrogen-bond donors (Lipinski definition) is 2. The molecule has 0 amide bonds. The van der Waals surface area contributed by atoms with Crippen molar-refractivity contribution in [1.29, 1.82) is 0 Å². The fourth-order valence-electron chi connectivity index (χ4n) is 3.49. The van der Waals surface area contributed by atoms with Crippen molar-refractivity contribution in [3.8, 4) is 0 Å². The van der Waals surface area contributed by atoms with Gasteiger partial charge in [0.1, 0.15) is 0 Å². The molecule has 2 nitrogen and oxygen atoms in total. The third-order valence-corrected chi connectivity index (χ3v) is 5.04. The van der Waals surface area contributed by atoms with Gasteiger partial charge in [-0.3, -0.25) is 0 Å². The van der Waals surface area contributed by atoms with Crippen LogP contribution in [0.25, 0.3) is 5.70 Å². The highest BCUT2D eigenvalue weighted by Crippen LogP contribution is 2.37. The normalized spacial score (nSPS) is 20.0. The standard InChI is InChI=1S/C19H17ClN2S/c20-14-10-8-13(9-11-14)17-16-7-3-5-12-4-1-2-6-15(12)18(16)22-19(23)21-17/h1-2,4,6,8-11,17H,3,5,7H2,(H2,21,22,23). The summed E-state index contributed by atoms with van der Waals surface area (Å²) in [7, 11) is 0. The summed E-state index contributed by atoms with van der Waals surface area (Å²) >= 11 is 11.5. The lowest BCUT2D eigenvalue weighted by molar-refractivity contribution is 0.665. The first kappa shape index (κ1) is 14.7. The topological polar surface area (TPSA) is 24.1 Å². The van der Waals surface area contributed by atoms with Gasteiger partial charge >= 0.3 is 0 Å². The first-order valence-electron chi connectivity index (χ1n) is 7.86. The third kappa shape index (κ3) is 2.75. The van der Waals surface area contributed by atoms with Crippen molar-refractivity contribution in [2.24, 2.45) is 0 Å². The third-order valence-electron chi connectivity index (χ3n) is 4.57. The van der Waals surface area contributed by atoms with Gasteiger partial charge in [0.25, 0.3) is 0 Å². The van der Waals surface area contributed by atoms with Crippen molar-refractivity contribution >= 4 is 34.6 Å². The summed E-state index contributed by atoms with van der Waals surface area (Å²) in [5.74, 6) is 0. The van der Waals surface area contributed by atoms with Gasteiger partial charge < -0.3 is 10.6 Å². The van der Waals surface area contributed by atoms with Crippen LogP contribution in [0.5, 0.6) is 0 Å². The molecule has 1 unspecified atom stereocenters. The quantitative estimate of drug-likeness (QED) is 0.741. The molecule has 0 radical (unpaired) electrons. The molecule has 4 rings (SSSR count). The van der Waals surface area contributed by atoms with Crippen molar-refractivity contribution in [3.63, 3.8) is 0 Å². The van der Waals surface area contributed by atoms with Crippen LogP contribution in [-0.4, -0.2) is 5.11 Å². The van der Waals surface area contributed by atoms with E-state index in [1.165, 1.54) is 28.0 Å². The predicted octanol–water partition coefficient (Wildman–Crippen LogP) is 4.61. The van der Waals surface area contributed by atoms with Crippen molar-refractivity contribution in [2.45, 2.75) is 25.3 Å². The number of aryl methyl sites for hydroxylation is 1. The maximum atomic E-state index is 6.04. The number of thiocarbonyl (C=S) groups is 1. The minimum absolute atomic E-state index is 0.113. The van der Waals surface area contributed by atoms with E-state index in [4.69, 9.17) is 23.8 Å². The largest absolute Gasteiger partial charge is 0.352 e. The molecule has 2 aromatic rings. The van der Waals surface area contributed by atoms with Crippen LogP contribution < -0.4 is 10.6 Å². The van der Waals surface area contributed by atoms with E-state index >= 15 is 0 Å². The van der Waals surface area contributed by atoms with Gasteiger partial charge in [0.2, 0.25) is 0 Å². The van der Waals surface area contributed by atoms with E-state index < -0.39 is 0 Å². The molecular formula is C19H17ClN2S. The minimum Gasteiger partial charge on any atom is -0.352 e. The molecule has 1 heterocycles. The highest BCUT2D eigenvalue weighted by Gasteiger charge is 2.29. The Morgan fingerprint density at radius 1 is 1.00 bits per heavy atom. The van der Waals surface area contributed by atoms with Gasteiger partial charge in [-0.25, -0.2) is 0 Å². The summed E-state index contributed by atoms with van der Waals surface area (Å²) in [5.41, 5.74) is 6.44. The van der Waals surface area contributed by atoms with Crippen molar-refractivity contribution in [2.75, 3.05) is 0 Å². The maximum absolute atomic E-state index is 6.04. The van der Waals surface area contributed by atoms with Crippen LogP contribution in [-0.2, 0) is 6.42 Å². The Morgan fingerprint density at radius 2 is 1.78 bits per heavy atom. The summed E-state index contributed by atoms with van der Waals surface area (Å²) in [4.78, 5) is 0. The second kappa shape index (κ2) is 5.99. The monoisotopic (exact) mass is 340 g/mol. The van der Waals surface area contributed by atoms with E-state index in [1.54, 1.807) is 0 Å². The van der Waals surface area contributed by atoms with Crippen molar-refractivity contribution in [3.05, 3.63) is 75.8 Å². The van der Waals surface area contributed by atoms with Gasteiger partial charge in [-0.2, -0.15) is 0 Å². The molecular weight excluding hydrogens is 324 g/mol. The Balaban J connectivity index is 1.86. The lowest BCUT2D eigenvalue weighted by atomic mass is 9.91. The zero-order valence-corrected chi connectivity index (χ0v) is 14.2. The fraction of sp³-hybridized carbons (Fsp3) is 0.211. The van der Waals surface area contributed by atoms with Crippen molar-refractivity contribution in [1.82, 2.24) is 10.6 Å². The molecule has 0 spiro atoms. The first-order chi connectivity index (χ1) is 11.2. The molecule has 0 saturated heterocycles. The van der Waals surface area contributed by atoms with Crippen LogP contribution in [0.15, 0.2) is 54.1 Å². The molecule has 1 atom stereocenters. The smallest absolute Gasteiger partial charge is 0.171 e. The summed E-state index contributed by atoms with van der Waals surface area (Å²) in [5, 5.41) is 8.26. The molecule has 1 aliphatic carbocycles. The molecule has 2 aliphatic rings. The second-order valence-electron chi connectivity index (χ2n) is 5.99. The van der Waals surface area contributed by atoms with Crippen molar-refractivity contribution < 1.29 is 0 Å². The maximum Gasteiger partial charge on any atom is 0.171 e. The molecule has 0 bridgehead atoms. The van der Waals surface area contributed by atoms with E-state index in [1.807, 2.05) is 12.1 Å². The lowest BCUT2D eigenvalue weighted by Gasteiger charge is -2.32. The van der Waals surface area contributed by atoms with E-state index in [2.05, 4.69) is 47.0 Å². The van der Waals surface area contributed by atoms with Gasteiger partial charge in [-0.05, 0) is 60.3 Å². The van der Waals surface area contributed by atoms with E-state index in [0.29, 0.717) is 5.11 Å². The molecule has 1 aliphatic heterocycles. The van der Waals surface area contributed by atoms with Crippen LogP contribution in [0.3, 0.4) is 0 Å². The zero-order valence-electron chi connectivity index (χ0n) is 12.6. The van der Waals surface area contributed by atoms with Crippen LogP contribution in [0, 0.1) is 0 Å². The summed E-state index contributed by atoms with van der Waals surface area (Å²) in [6.07, 6.45) is 3.31. The van der Waals surface area contributed by atoms with Gasteiger partial charge in [-0.1, -0.05) is 48.0 Å². The van der Waals surface area contributed by atoms with Gasteiger partial charge in [0, 0.05) is 16.3 Å². The van der Waals surface area contributed by atoms with E-state index in [0.717, 1.165) is 24.3 Å². The SMILES string of the molecule is S=C1NC2=C(CCCc3ccccc32)C(c2ccc(Cl)cc2)N1. The van der Waals surface area contributed by atoms with Crippen LogP contribution >= 0.6 is 23.8 Å². The Morgan fingerprint density at radius 3 is 2.61 bits per heavy atom. The molecule has 0 aromatic heterocycles. The molecule has 4 heteroatoms. The average molecular weight is 341 g/mol. The number of fused-ring (bicyclic) bond motifs is 2. The molecule has 23 heavy (non-hydrogen) atoms. The highest BCUT2D eigenvalue weighted by molar-refractivity contribution is 7.80. The molecule has 0 fully saturated rings. The van der Waals surface area contributed by atoms with E-state index in [-0.39, 0.29) is 6.04 Å². The fourth-order valence-corrected chi connectivity index (χ4v) is 3.84. The Hall–Kier alpha value is -1.84. The Labute approximate surface area is 146 Å². The van der Waals surface area contributed by atoms with Gasteiger partial charge in [0.15, 0.2) is 5.11 Å². The van der Waals surface area contributed by atoms with Crippen LogP contribution in [0.2, 0.25) is 5.02 Å². The minimum atomic E-state index is 0.113. The molecule has 2 N–H and O–H groups in total. The Kier molecular flexibility index (Phi) is 3.83. The summed E-state index contributed by atoms with van der Waals surface area (Å²) in [6, 6.07) is 16.8. The first-order valence-corrected chi connectivity index (χ1v) is 8.65. The number of hydrogen-bond acceptors (Lipinski definition) is 1. The second-order valence-corrected chi connectivity index (χ2v) is 6.84. The summed E-state index contributed by atoms with van der Waals surface area (Å²) < 4.78 is 0. The lowest BCUT2D eigenvalue weighted by Crippen LogP contribution is -2.43. The average Bonchev–Trinajstić information content (AvgIpc) is 2.75. The predicted molar refractivity (Wildman–Crippen MR) is 99.4 cm³/mol. The number of halogens is 1. The van der Waals surface area contributed by atoms with Crippen LogP contribution in [0.4, 0.5) is 0 Å². The molecule has 2 aromatic carbocycles. The molecule has 116 valence electrons. The summed E-state index contributed by atoms with van der Waals surface area (Å²) in [6.45, 7) is 0. The molecule has 0 saturated carbocycles. The number of benzene rings is 2. The number of nitrogens with one attached hydrogen (secondary N) is 2. The van der Waals surface area contributed by atoms with Gasteiger partial charge in [0.05, 0.1) is 6.04 Å². The Bertz CT molecular complexity index is 795. The number of rotatable bonds is 1. The zero-order chi connectivity index (χ0) is 15.8. The van der Waals surface area contributed by atoms with E-state index in [9.17, 15) is 0 Å². The highest BCUT2D eigenvalue weighted by atomic mass is 35.5. The van der Waals surface area contributed by atoms with Gasteiger partial charge in [-0.15, -0.1) is 0 Å².